The van der Waals surface area contributed by atoms with Crippen LogP contribution in [-0.2, 0) is 9.59 Å². The maximum absolute atomic E-state index is 11.9. The van der Waals surface area contributed by atoms with Gasteiger partial charge in [-0.25, -0.2) is 0 Å². The molecule has 130 valence electrons. The van der Waals surface area contributed by atoms with E-state index in [1.165, 1.54) is 34.4 Å². The standard InChI is InChI=1S/C12H16N6O2S4/c1-3-5-7(19)13-9-15-18-12(24-9)22-6-8(20)14-10-16-17-11(23-10)21-4-2/h3-6H2,1-2H3,(H,13,15,19)(H,14,16,20). The van der Waals surface area contributed by atoms with E-state index in [2.05, 4.69) is 31.0 Å². The molecule has 0 atom stereocenters. The molecule has 0 spiro atoms. The number of thioether (sulfide) groups is 2. The number of amides is 2. The number of hydrogen-bond acceptors (Lipinski definition) is 10. The summed E-state index contributed by atoms with van der Waals surface area (Å²) < 4.78 is 1.45. The van der Waals surface area contributed by atoms with Crippen molar-refractivity contribution < 1.29 is 9.59 Å². The van der Waals surface area contributed by atoms with Crippen molar-refractivity contribution >= 4 is 68.3 Å². The molecule has 0 saturated carbocycles. The minimum Gasteiger partial charge on any atom is -0.301 e. The fraction of sp³-hybridized carbons (Fsp3) is 0.500. The Morgan fingerprint density at radius 3 is 2.08 bits per heavy atom. The van der Waals surface area contributed by atoms with Crippen LogP contribution in [0.3, 0.4) is 0 Å². The number of anilines is 2. The number of carbonyl (C=O) groups excluding carboxylic acids is 2. The second kappa shape index (κ2) is 9.91. The lowest BCUT2D eigenvalue weighted by atomic mass is 10.3. The molecule has 2 N–H and O–H groups in total. The third-order valence-electron chi connectivity index (χ3n) is 2.38. The van der Waals surface area contributed by atoms with Crippen molar-refractivity contribution in [2.45, 2.75) is 35.4 Å². The summed E-state index contributed by atoms with van der Waals surface area (Å²) in [6.07, 6.45) is 1.22. The van der Waals surface area contributed by atoms with Crippen LogP contribution in [0.4, 0.5) is 10.3 Å². The van der Waals surface area contributed by atoms with E-state index in [4.69, 9.17) is 0 Å². The van der Waals surface area contributed by atoms with Crippen LogP contribution in [0, 0.1) is 0 Å². The van der Waals surface area contributed by atoms with Gasteiger partial charge in [0.1, 0.15) is 0 Å². The molecule has 24 heavy (non-hydrogen) atoms. The monoisotopic (exact) mass is 404 g/mol. The first kappa shape index (κ1) is 19.1. The van der Waals surface area contributed by atoms with E-state index in [0.29, 0.717) is 21.0 Å². The van der Waals surface area contributed by atoms with Crippen LogP contribution in [0.2, 0.25) is 0 Å². The van der Waals surface area contributed by atoms with Crippen molar-refractivity contribution in [3.63, 3.8) is 0 Å². The molecule has 0 radical (unpaired) electrons. The average Bonchev–Trinajstić information content (AvgIpc) is 3.15. The van der Waals surface area contributed by atoms with E-state index in [-0.39, 0.29) is 17.6 Å². The zero-order valence-corrected chi connectivity index (χ0v) is 16.3. The van der Waals surface area contributed by atoms with Crippen molar-refractivity contribution in [3.05, 3.63) is 0 Å². The number of nitrogens with one attached hydrogen (secondary N) is 2. The quantitative estimate of drug-likeness (QED) is 0.485. The highest BCUT2D eigenvalue weighted by atomic mass is 32.2. The van der Waals surface area contributed by atoms with E-state index >= 15 is 0 Å². The zero-order chi connectivity index (χ0) is 17.4. The Balaban J connectivity index is 1.77. The first-order valence-electron chi connectivity index (χ1n) is 7.13. The molecule has 2 aromatic heterocycles. The van der Waals surface area contributed by atoms with Crippen molar-refractivity contribution in [1.29, 1.82) is 0 Å². The molecular formula is C12H16N6O2S4. The van der Waals surface area contributed by atoms with Crippen molar-refractivity contribution in [3.8, 4) is 0 Å². The van der Waals surface area contributed by atoms with Crippen LogP contribution in [0.1, 0.15) is 26.7 Å². The molecule has 0 unspecified atom stereocenters. The Morgan fingerprint density at radius 1 is 0.917 bits per heavy atom. The summed E-state index contributed by atoms with van der Waals surface area (Å²) in [5.41, 5.74) is 0. The lowest BCUT2D eigenvalue weighted by Crippen LogP contribution is -2.13. The first-order valence-corrected chi connectivity index (χ1v) is 10.7. The predicted molar refractivity (Wildman–Crippen MR) is 99.1 cm³/mol. The largest absolute Gasteiger partial charge is 0.301 e. The molecule has 0 saturated heterocycles. The number of carbonyl (C=O) groups is 2. The third-order valence-corrected chi connectivity index (χ3v) is 6.20. The molecule has 2 heterocycles. The van der Waals surface area contributed by atoms with Crippen LogP contribution in [0.15, 0.2) is 8.68 Å². The Hall–Kier alpha value is -1.24. The van der Waals surface area contributed by atoms with Crippen molar-refractivity contribution in [2.75, 3.05) is 22.1 Å². The molecule has 2 amide bonds. The topological polar surface area (TPSA) is 110 Å². The zero-order valence-electron chi connectivity index (χ0n) is 13.1. The van der Waals surface area contributed by atoms with Gasteiger partial charge in [-0.1, -0.05) is 60.0 Å². The van der Waals surface area contributed by atoms with Gasteiger partial charge in [-0.15, -0.1) is 20.4 Å². The highest BCUT2D eigenvalue weighted by Crippen LogP contribution is 2.27. The summed E-state index contributed by atoms with van der Waals surface area (Å²) in [6, 6.07) is 0. The fourth-order valence-electron chi connectivity index (χ4n) is 1.45. The molecular weight excluding hydrogens is 388 g/mol. The molecule has 0 bridgehead atoms. The van der Waals surface area contributed by atoms with Crippen LogP contribution in [0.5, 0.6) is 0 Å². The Labute approximate surface area is 155 Å². The lowest BCUT2D eigenvalue weighted by molar-refractivity contribution is -0.116. The molecule has 0 aliphatic heterocycles. The highest BCUT2D eigenvalue weighted by molar-refractivity contribution is 8.01. The van der Waals surface area contributed by atoms with Gasteiger partial charge in [0.25, 0.3) is 0 Å². The molecule has 0 aliphatic rings. The van der Waals surface area contributed by atoms with Crippen LogP contribution in [-0.4, -0.2) is 43.7 Å². The summed E-state index contributed by atoms with van der Waals surface area (Å²) in [6.45, 7) is 3.96. The minimum absolute atomic E-state index is 0.0834. The van der Waals surface area contributed by atoms with Gasteiger partial charge in [0.15, 0.2) is 8.68 Å². The molecule has 0 aliphatic carbocycles. The maximum Gasteiger partial charge on any atom is 0.236 e. The molecule has 0 fully saturated rings. The summed E-state index contributed by atoms with van der Waals surface area (Å²) in [5, 5.41) is 22.0. The summed E-state index contributed by atoms with van der Waals surface area (Å²) >= 11 is 5.44. The number of rotatable bonds is 9. The maximum atomic E-state index is 11.9. The minimum atomic E-state index is -0.184. The van der Waals surface area contributed by atoms with Gasteiger partial charge in [-0.05, 0) is 12.2 Å². The summed E-state index contributed by atoms with van der Waals surface area (Å²) in [5.74, 6) is 0.830. The van der Waals surface area contributed by atoms with Gasteiger partial charge < -0.3 is 5.32 Å². The number of aromatic nitrogens is 4. The van der Waals surface area contributed by atoms with Crippen LogP contribution in [0.25, 0.3) is 0 Å². The Kier molecular flexibility index (Phi) is 7.88. The van der Waals surface area contributed by atoms with Gasteiger partial charge >= 0.3 is 0 Å². The third kappa shape index (κ3) is 6.34. The van der Waals surface area contributed by atoms with Gasteiger partial charge in [-0.3, -0.25) is 14.9 Å². The van der Waals surface area contributed by atoms with Gasteiger partial charge in [0.05, 0.1) is 5.75 Å². The van der Waals surface area contributed by atoms with Crippen LogP contribution < -0.4 is 10.6 Å². The number of hydrogen-bond donors (Lipinski definition) is 2. The Bertz CT molecular complexity index is 689. The predicted octanol–water partition coefficient (Wildman–Crippen LogP) is 2.97. The van der Waals surface area contributed by atoms with Gasteiger partial charge in [-0.2, -0.15) is 0 Å². The lowest BCUT2D eigenvalue weighted by Gasteiger charge is -1.98. The number of nitrogens with zero attached hydrogens (tertiary/aromatic N) is 4. The van der Waals surface area contributed by atoms with E-state index in [0.717, 1.165) is 16.5 Å². The van der Waals surface area contributed by atoms with Gasteiger partial charge in [0.2, 0.25) is 22.1 Å². The van der Waals surface area contributed by atoms with E-state index in [1.807, 2.05) is 13.8 Å². The normalized spacial score (nSPS) is 10.6. The highest BCUT2D eigenvalue weighted by Gasteiger charge is 2.12. The SMILES string of the molecule is CCCC(=O)Nc1nnc(SCC(=O)Nc2nnc(SCC)s2)s1. The second-order valence-electron chi connectivity index (χ2n) is 4.31. The smallest absolute Gasteiger partial charge is 0.236 e. The average molecular weight is 405 g/mol. The van der Waals surface area contributed by atoms with E-state index < -0.39 is 0 Å². The molecule has 2 aromatic rings. The van der Waals surface area contributed by atoms with Crippen molar-refractivity contribution in [2.24, 2.45) is 0 Å². The van der Waals surface area contributed by atoms with E-state index in [1.54, 1.807) is 11.8 Å². The first-order chi connectivity index (χ1) is 11.6. The van der Waals surface area contributed by atoms with Crippen molar-refractivity contribution in [1.82, 2.24) is 20.4 Å². The van der Waals surface area contributed by atoms with Gasteiger partial charge in [0, 0.05) is 6.42 Å². The molecule has 12 heteroatoms. The fourth-order valence-corrected chi connectivity index (χ4v) is 4.69. The Morgan fingerprint density at radius 2 is 1.50 bits per heavy atom. The summed E-state index contributed by atoms with van der Waals surface area (Å²) in [4.78, 5) is 23.4. The van der Waals surface area contributed by atoms with Crippen LogP contribution >= 0.6 is 46.2 Å². The molecule has 8 nitrogen and oxygen atoms in total. The molecule has 0 aromatic carbocycles. The molecule has 2 rings (SSSR count). The summed E-state index contributed by atoms with van der Waals surface area (Å²) in [7, 11) is 0. The second-order valence-corrected chi connectivity index (χ2v) is 9.00. The van der Waals surface area contributed by atoms with E-state index in [9.17, 15) is 9.59 Å².